The first-order chi connectivity index (χ1) is 9.72. The number of benzene rings is 2. The van der Waals surface area contributed by atoms with Gasteiger partial charge >= 0.3 is 6.03 Å². The summed E-state index contributed by atoms with van der Waals surface area (Å²) in [6.45, 7) is 0. The number of urea groups is 1. The van der Waals surface area contributed by atoms with Crippen molar-refractivity contribution in [3.05, 3.63) is 48.0 Å². The van der Waals surface area contributed by atoms with E-state index in [1.165, 1.54) is 11.3 Å². The topological polar surface area (TPSA) is 74.2 Å². The Kier molecular flexibility index (Phi) is 3.22. The Balaban J connectivity index is 1.87. The van der Waals surface area contributed by atoms with Gasteiger partial charge in [0.25, 0.3) is 0 Å². The summed E-state index contributed by atoms with van der Waals surface area (Å²) in [5.41, 5.74) is 0.632. The molecule has 0 saturated carbocycles. The average molecular weight is 285 g/mol. The molecule has 0 saturated heterocycles. The predicted octanol–water partition coefficient (Wildman–Crippen LogP) is 3.65. The average Bonchev–Trinajstić information content (AvgIpc) is 2.92. The third-order valence-corrected chi connectivity index (χ3v) is 3.46. The molecule has 0 fully saturated rings. The molecule has 0 bridgehead atoms. The fraction of sp³-hybridized carbons (Fsp3) is 0. The molecular weight excluding hydrogens is 274 g/mol. The van der Waals surface area contributed by atoms with E-state index >= 15 is 0 Å². The molecule has 0 unspecified atom stereocenters. The molecule has 0 atom stereocenters. The van der Waals surface area contributed by atoms with Crippen LogP contribution in [0.5, 0.6) is 5.75 Å². The van der Waals surface area contributed by atoms with Crippen molar-refractivity contribution in [1.29, 1.82) is 0 Å². The minimum absolute atomic E-state index is 0.159. The number of anilines is 2. The van der Waals surface area contributed by atoms with Crippen LogP contribution in [0.25, 0.3) is 10.8 Å². The maximum absolute atomic E-state index is 11.9. The first kappa shape index (κ1) is 12.4. The van der Waals surface area contributed by atoms with Crippen LogP contribution in [-0.2, 0) is 0 Å². The summed E-state index contributed by atoms with van der Waals surface area (Å²) in [4.78, 5) is 15.9. The first-order valence-corrected chi connectivity index (χ1v) is 6.79. The van der Waals surface area contributed by atoms with Crippen molar-refractivity contribution in [2.24, 2.45) is 0 Å². The molecule has 1 aromatic heterocycles. The van der Waals surface area contributed by atoms with Gasteiger partial charge in [-0.2, -0.15) is 0 Å². The molecule has 1 heterocycles. The minimum atomic E-state index is -0.365. The highest BCUT2D eigenvalue weighted by Gasteiger charge is 2.07. The van der Waals surface area contributed by atoms with Crippen molar-refractivity contribution >= 4 is 39.0 Å². The number of nitrogens with one attached hydrogen (secondary N) is 2. The maximum atomic E-state index is 11.9. The van der Waals surface area contributed by atoms with Gasteiger partial charge in [-0.15, -0.1) is 11.3 Å². The third-order valence-electron chi connectivity index (χ3n) is 2.77. The molecule has 0 aliphatic carbocycles. The van der Waals surface area contributed by atoms with Crippen molar-refractivity contribution in [3.63, 3.8) is 0 Å². The summed E-state index contributed by atoms with van der Waals surface area (Å²) in [7, 11) is 0. The summed E-state index contributed by atoms with van der Waals surface area (Å²) in [6.07, 6.45) is 1.62. The van der Waals surface area contributed by atoms with Crippen molar-refractivity contribution in [3.8, 4) is 5.75 Å². The van der Waals surface area contributed by atoms with Crippen LogP contribution < -0.4 is 10.6 Å². The molecule has 0 spiro atoms. The SMILES string of the molecule is O=C(Nc1nccs1)Nc1cccc2ccc(O)cc12. The van der Waals surface area contributed by atoms with E-state index in [0.717, 1.165) is 10.8 Å². The van der Waals surface area contributed by atoms with E-state index in [-0.39, 0.29) is 11.8 Å². The summed E-state index contributed by atoms with van der Waals surface area (Å²) in [6, 6.07) is 10.2. The number of carbonyl (C=O) groups excluding carboxylic acids is 1. The minimum Gasteiger partial charge on any atom is -0.508 e. The van der Waals surface area contributed by atoms with Crippen LogP contribution in [0.1, 0.15) is 0 Å². The van der Waals surface area contributed by atoms with Crippen molar-refractivity contribution in [2.45, 2.75) is 0 Å². The van der Waals surface area contributed by atoms with Gasteiger partial charge in [0, 0.05) is 17.0 Å². The van der Waals surface area contributed by atoms with Crippen molar-refractivity contribution < 1.29 is 9.90 Å². The lowest BCUT2D eigenvalue weighted by Crippen LogP contribution is -2.19. The molecule has 0 aliphatic rings. The Bertz CT molecular complexity index is 756. The molecule has 20 heavy (non-hydrogen) atoms. The summed E-state index contributed by atoms with van der Waals surface area (Å²) < 4.78 is 0. The van der Waals surface area contributed by atoms with E-state index in [2.05, 4.69) is 15.6 Å². The van der Waals surface area contributed by atoms with Gasteiger partial charge in [0.15, 0.2) is 5.13 Å². The molecule has 0 radical (unpaired) electrons. The number of carbonyl (C=O) groups is 1. The molecule has 2 aromatic carbocycles. The van der Waals surface area contributed by atoms with Gasteiger partial charge in [0.1, 0.15) is 5.75 Å². The molecule has 3 aromatic rings. The number of aromatic hydroxyl groups is 1. The molecule has 2 amide bonds. The highest BCUT2D eigenvalue weighted by Crippen LogP contribution is 2.27. The van der Waals surface area contributed by atoms with E-state index in [4.69, 9.17) is 0 Å². The van der Waals surface area contributed by atoms with Crippen LogP contribution in [0.4, 0.5) is 15.6 Å². The fourth-order valence-electron chi connectivity index (χ4n) is 1.91. The van der Waals surface area contributed by atoms with E-state index < -0.39 is 0 Å². The molecule has 5 nitrogen and oxygen atoms in total. The number of nitrogens with zero attached hydrogens (tertiary/aromatic N) is 1. The predicted molar refractivity (Wildman–Crippen MR) is 80.4 cm³/mol. The number of hydrogen-bond acceptors (Lipinski definition) is 4. The lowest BCUT2D eigenvalue weighted by atomic mass is 10.1. The zero-order chi connectivity index (χ0) is 13.9. The molecule has 3 N–H and O–H groups in total. The van der Waals surface area contributed by atoms with Crippen LogP contribution in [0.2, 0.25) is 0 Å². The molecule has 3 rings (SSSR count). The number of aromatic nitrogens is 1. The normalized spacial score (nSPS) is 10.4. The second-order valence-electron chi connectivity index (χ2n) is 4.13. The van der Waals surface area contributed by atoms with Crippen LogP contribution in [0.15, 0.2) is 48.0 Å². The Morgan fingerprint density at radius 2 is 2.10 bits per heavy atom. The highest BCUT2D eigenvalue weighted by atomic mass is 32.1. The van der Waals surface area contributed by atoms with Crippen LogP contribution in [-0.4, -0.2) is 16.1 Å². The van der Waals surface area contributed by atoms with Gasteiger partial charge in [0.05, 0.1) is 5.69 Å². The zero-order valence-electron chi connectivity index (χ0n) is 10.3. The second kappa shape index (κ2) is 5.18. The van der Waals surface area contributed by atoms with Gasteiger partial charge in [-0.05, 0) is 23.6 Å². The number of rotatable bonds is 2. The van der Waals surface area contributed by atoms with Gasteiger partial charge in [-0.3, -0.25) is 5.32 Å². The van der Waals surface area contributed by atoms with Gasteiger partial charge in [-0.1, -0.05) is 18.2 Å². The number of phenolic OH excluding ortho intramolecular Hbond substituents is 1. The lowest BCUT2D eigenvalue weighted by molar-refractivity contribution is 0.262. The Morgan fingerprint density at radius 1 is 1.20 bits per heavy atom. The summed E-state index contributed by atoms with van der Waals surface area (Å²) in [5.74, 6) is 0.159. The Hall–Kier alpha value is -2.60. The van der Waals surface area contributed by atoms with Gasteiger partial charge in [0.2, 0.25) is 0 Å². The Morgan fingerprint density at radius 3 is 2.90 bits per heavy atom. The highest BCUT2D eigenvalue weighted by molar-refractivity contribution is 7.13. The van der Waals surface area contributed by atoms with Crippen LogP contribution >= 0.6 is 11.3 Å². The van der Waals surface area contributed by atoms with E-state index in [9.17, 15) is 9.90 Å². The van der Waals surface area contributed by atoms with Crippen molar-refractivity contribution in [1.82, 2.24) is 4.98 Å². The van der Waals surface area contributed by atoms with Crippen LogP contribution in [0, 0.1) is 0 Å². The van der Waals surface area contributed by atoms with E-state index in [0.29, 0.717) is 10.8 Å². The number of thiazole rings is 1. The summed E-state index contributed by atoms with van der Waals surface area (Å²) >= 11 is 1.34. The monoisotopic (exact) mass is 285 g/mol. The summed E-state index contributed by atoms with van der Waals surface area (Å²) in [5, 5.41) is 19.0. The lowest BCUT2D eigenvalue weighted by Gasteiger charge is -2.09. The maximum Gasteiger partial charge on any atom is 0.325 e. The van der Waals surface area contributed by atoms with Gasteiger partial charge in [-0.25, -0.2) is 9.78 Å². The van der Waals surface area contributed by atoms with Gasteiger partial charge < -0.3 is 10.4 Å². The molecule has 6 heteroatoms. The molecule has 0 aliphatic heterocycles. The Labute approximate surface area is 118 Å². The smallest absolute Gasteiger partial charge is 0.325 e. The number of phenols is 1. The number of hydrogen-bond donors (Lipinski definition) is 3. The van der Waals surface area contributed by atoms with E-state index in [1.54, 1.807) is 35.8 Å². The van der Waals surface area contributed by atoms with E-state index in [1.807, 2.05) is 12.1 Å². The molecule has 100 valence electrons. The number of fused-ring (bicyclic) bond motifs is 1. The largest absolute Gasteiger partial charge is 0.508 e. The van der Waals surface area contributed by atoms with Crippen molar-refractivity contribution in [2.75, 3.05) is 10.6 Å². The zero-order valence-corrected chi connectivity index (χ0v) is 11.1. The number of amides is 2. The standard InChI is InChI=1S/C14H11N3O2S/c18-10-5-4-9-2-1-3-12(11(9)8-10)16-13(19)17-14-15-6-7-20-14/h1-8,18H,(H2,15,16,17,19). The first-order valence-electron chi connectivity index (χ1n) is 5.91. The quantitative estimate of drug-likeness (QED) is 0.673. The fourth-order valence-corrected chi connectivity index (χ4v) is 2.43. The molecular formula is C14H11N3O2S. The second-order valence-corrected chi connectivity index (χ2v) is 5.02. The van der Waals surface area contributed by atoms with Crippen LogP contribution in [0.3, 0.4) is 0 Å². The third kappa shape index (κ3) is 2.55.